The number of nitrogens with zero attached hydrogens (tertiary/aromatic N) is 1. The highest BCUT2D eigenvalue weighted by Crippen LogP contribution is 2.51. The normalized spacial score (nSPS) is 31.2. The number of aromatic nitrogens is 1. The van der Waals surface area contributed by atoms with Crippen LogP contribution in [-0.4, -0.2) is 30.8 Å². The van der Waals surface area contributed by atoms with Gasteiger partial charge in [-0.1, -0.05) is 19.9 Å². The monoisotopic (exact) mass is 276 g/mol. The summed E-state index contributed by atoms with van der Waals surface area (Å²) in [6.07, 6.45) is 4.79. The predicted molar refractivity (Wildman–Crippen MR) is 77.7 cm³/mol. The summed E-state index contributed by atoms with van der Waals surface area (Å²) in [6, 6.07) is 4.52. The second-order valence-electron chi connectivity index (χ2n) is 6.49. The molecule has 2 heterocycles. The summed E-state index contributed by atoms with van der Waals surface area (Å²) in [5, 5.41) is 3.70. The van der Waals surface area contributed by atoms with Gasteiger partial charge in [-0.25, -0.2) is 4.98 Å². The molecule has 2 fully saturated rings. The molecule has 0 unspecified atom stereocenters. The van der Waals surface area contributed by atoms with Crippen molar-refractivity contribution in [2.24, 2.45) is 11.3 Å². The van der Waals surface area contributed by atoms with Crippen LogP contribution in [0.2, 0.25) is 0 Å². The Balaban J connectivity index is 1.60. The molecule has 1 saturated heterocycles. The maximum absolute atomic E-state index is 5.94. The molecule has 0 bridgehead atoms. The third-order valence-corrected chi connectivity index (χ3v) is 4.86. The van der Waals surface area contributed by atoms with Crippen LogP contribution in [0.25, 0.3) is 0 Å². The molecular weight excluding hydrogens is 252 g/mol. The number of rotatable bonds is 4. The lowest BCUT2D eigenvalue weighted by Gasteiger charge is -2.60. The molecule has 110 valence electrons. The molecule has 2 aliphatic rings. The summed E-state index contributed by atoms with van der Waals surface area (Å²) < 4.78 is 11.0. The molecular formula is C16H24N2O2. The molecule has 3 atom stereocenters. The fraction of sp³-hybridized carbons (Fsp3) is 0.688. The Morgan fingerprint density at radius 2 is 2.30 bits per heavy atom. The van der Waals surface area contributed by atoms with Crippen LogP contribution in [0.15, 0.2) is 18.3 Å². The average Bonchev–Trinajstić information content (AvgIpc) is 2.48. The number of nitrogens with one attached hydrogen (secondary N) is 1. The van der Waals surface area contributed by atoms with E-state index < -0.39 is 0 Å². The minimum Gasteiger partial charge on any atom is -0.481 e. The van der Waals surface area contributed by atoms with Crippen molar-refractivity contribution in [1.29, 1.82) is 0 Å². The van der Waals surface area contributed by atoms with E-state index in [4.69, 9.17) is 9.47 Å². The maximum Gasteiger partial charge on any atom is 0.212 e. The highest BCUT2D eigenvalue weighted by atomic mass is 16.5. The first kappa shape index (κ1) is 13.8. The highest BCUT2D eigenvalue weighted by molar-refractivity contribution is 5.18. The molecule has 0 radical (unpaired) electrons. The molecule has 0 spiro atoms. The molecule has 1 aromatic rings. The number of ether oxygens (including phenoxy) is 2. The molecule has 0 aromatic carbocycles. The van der Waals surface area contributed by atoms with Crippen molar-refractivity contribution in [3.8, 4) is 5.88 Å². The van der Waals surface area contributed by atoms with Gasteiger partial charge in [0.1, 0.15) is 0 Å². The number of methoxy groups -OCH3 is 1. The van der Waals surface area contributed by atoms with Crippen LogP contribution in [-0.2, 0) is 11.3 Å². The number of hydrogen-bond donors (Lipinski definition) is 1. The van der Waals surface area contributed by atoms with Gasteiger partial charge in [-0.15, -0.1) is 0 Å². The summed E-state index contributed by atoms with van der Waals surface area (Å²) in [4.78, 5) is 4.25. The van der Waals surface area contributed by atoms with Crippen LogP contribution in [0.5, 0.6) is 5.88 Å². The van der Waals surface area contributed by atoms with Crippen LogP contribution in [0.1, 0.15) is 32.3 Å². The van der Waals surface area contributed by atoms with Crippen LogP contribution >= 0.6 is 0 Å². The molecule has 4 nitrogen and oxygen atoms in total. The minimum absolute atomic E-state index is 0.227. The second kappa shape index (κ2) is 5.34. The van der Waals surface area contributed by atoms with Gasteiger partial charge in [0.15, 0.2) is 0 Å². The molecule has 1 N–H and O–H groups in total. The van der Waals surface area contributed by atoms with E-state index in [0.29, 0.717) is 23.9 Å². The number of pyridine rings is 1. The van der Waals surface area contributed by atoms with Gasteiger partial charge in [0, 0.05) is 42.8 Å². The van der Waals surface area contributed by atoms with Gasteiger partial charge in [-0.3, -0.25) is 0 Å². The molecule has 1 aliphatic heterocycles. The fourth-order valence-electron chi connectivity index (χ4n) is 3.80. The van der Waals surface area contributed by atoms with E-state index in [0.717, 1.165) is 13.2 Å². The van der Waals surface area contributed by atoms with Gasteiger partial charge in [-0.2, -0.15) is 0 Å². The average molecular weight is 276 g/mol. The van der Waals surface area contributed by atoms with Crippen molar-refractivity contribution in [1.82, 2.24) is 10.3 Å². The zero-order valence-electron chi connectivity index (χ0n) is 12.6. The topological polar surface area (TPSA) is 43.4 Å². The van der Waals surface area contributed by atoms with Crippen LogP contribution < -0.4 is 10.1 Å². The van der Waals surface area contributed by atoms with Gasteiger partial charge < -0.3 is 14.8 Å². The first-order valence-electron chi connectivity index (χ1n) is 7.47. The standard InChI is InChI=1S/C16H24N2O2/c1-16(2)14(12-5-4-8-20-15(12)16)18-10-11-6-7-13(19-3)17-9-11/h6-7,9,12,14-15,18H,4-5,8,10H2,1-3H3/t12-,14-,15-/m1/s1. The van der Waals surface area contributed by atoms with Crippen molar-refractivity contribution in [2.45, 2.75) is 45.4 Å². The van der Waals surface area contributed by atoms with Gasteiger partial charge in [0.25, 0.3) is 0 Å². The minimum atomic E-state index is 0.227. The molecule has 1 aromatic heterocycles. The van der Waals surface area contributed by atoms with Crippen molar-refractivity contribution < 1.29 is 9.47 Å². The lowest BCUT2D eigenvalue weighted by Crippen LogP contribution is -2.69. The Morgan fingerprint density at radius 3 is 3.00 bits per heavy atom. The van der Waals surface area contributed by atoms with E-state index in [1.54, 1.807) is 7.11 Å². The molecule has 4 heteroatoms. The van der Waals surface area contributed by atoms with Gasteiger partial charge >= 0.3 is 0 Å². The van der Waals surface area contributed by atoms with Gasteiger partial charge in [0.2, 0.25) is 5.88 Å². The SMILES string of the molecule is COc1ccc(CN[C@@H]2[C@H]3CCCO[C@H]3C2(C)C)cn1. The van der Waals surface area contributed by atoms with Gasteiger partial charge in [-0.05, 0) is 18.4 Å². The predicted octanol–water partition coefficient (Wildman–Crippen LogP) is 2.38. The molecule has 3 rings (SSSR count). The van der Waals surface area contributed by atoms with E-state index in [1.807, 2.05) is 12.3 Å². The van der Waals surface area contributed by atoms with Gasteiger partial charge in [0.05, 0.1) is 13.2 Å². The highest BCUT2D eigenvalue weighted by Gasteiger charge is 2.57. The molecule has 1 aliphatic carbocycles. The van der Waals surface area contributed by atoms with Crippen molar-refractivity contribution in [3.05, 3.63) is 23.9 Å². The summed E-state index contributed by atoms with van der Waals surface area (Å²) in [6.45, 7) is 6.40. The quantitative estimate of drug-likeness (QED) is 0.917. The zero-order chi connectivity index (χ0) is 14.2. The van der Waals surface area contributed by atoms with E-state index in [1.165, 1.54) is 18.4 Å². The van der Waals surface area contributed by atoms with Crippen LogP contribution in [0, 0.1) is 11.3 Å². The van der Waals surface area contributed by atoms with Crippen molar-refractivity contribution in [2.75, 3.05) is 13.7 Å². The first-order chi connectivity index (χ1) is 9.63. The van der Waals surface area contributed by atoms with E-state index >= 15 is 0 Å². The summed E-state index contributed by atoms with van der Waals surface area (Å²) in [7, 11) is 1.64. The third kappa shape index (κ3) is 2.31. The summed E-state index contributed by atoms with van der Waals surface area (Å²) in [5.41, 5.74) is 1.42. The summed E-state index contributed by atoms with van der Waals surface area (Å²) >= 11 is 0. The van der Waals surface area contributed by atoms with Crippen LogP contribution in [0.3, 0.4) is 0 Å². The Kier molecular flexibility index (Phi) is 3.69. The first-order valence-corrected chi connectivity index (χ1v) is 7.47. The number of hydrogen-bond acceptors (Lipinski definition) is 4. The third-order valence-electron chi connectivity index (χ3n) is 4.86. The van der Waals surface area contributed by atoms with Crippen LogP contribution in [0.4, 0.5) is 0 Å². The van der Waals surface area contributed by atoms with Crippen molar-refractivity contribution in [3.63, 3.8) is 0 Å². The van der Waals surface area contributed by atoms with E-state index in [-0.39, 0.29) is 5.41 Å². The number of fused-ring (bicyclic) bond motifs is 1. The molecule has 1 saturated carbocycles. The summed E-state index contributed by atoms with van der Waals surface area (Å²) in [5.74, 6) is 1.34. The fourth-order valence-corrected chi connectivity index (χ4v) is 3.80. The Hall–Kier alpha value is -1.13. The van der Waals surface area contributed by atoms with E-state index in [2.05, 4.69) is 30.2 Å². The largest absolute Gasteiger partial charge is 0.481 e. The Labute approximate surface area is 120 Å². The zero-order valence-corrected chi connectivity index (χ0v) is 12.6. The maximum atomic E-state index is 5.94. The second-order valence-corrected chi connectivity index (χ2v) is 6.49. The van der Waals surface area contributed by atoms with E-state index in [9.17, 15) is 0 Å². The Bertz CT molecular complexity index is 458. The Morgan fingerprint density at radius 1 is 1.45 bits per heavy atom. The lowest BCUT2D eigenvalue weighted by atomic mass is 9.55. The van der Waals surface area contributed by atoms with Crippen molar-refractivity contribution >= 4 is 0 Å². The molecule has 20 heavy (non-hydrogen) atoms. The lowest BCUT2D eigenvalue weighted by molar-refractivity contribution is -0.192. The molecule has 0 amide bonds. The smallest absolute Gasteiger partial charge is 0.212 e.